The Kier molecular flexibility index (Phi) is 4.06. The summed E-state index contributed by atoms with van der Waals surface area (Å²) in [5.41, 5.74) is 4.46. The molecule has 18 heavy (non-hydrogen) atoms. The zero-order chi connectivity index (χ0) is 13.0. The molecule has 0 unspecified atom stereocenters. The number of halogens is 1. The molecule has 1 nitrogen and oxygen atoms in total. The van der Waals surface area contributed by atoms with Gasteiger partial charge in [0.05, 0.1) is 0 Å². The zero-order valence-electron chi connectivity index (χ0n) is 10.4. The van der Waals surface area contributed by atoms with Crippen LogP contribution in [-0.2, 0) is 0 Å². The van der Waals surface area contributed by atoms with Crippen LogP contribution in [0.5, 0.6) is 0 Å². The Labute approximate surface area is 113 Å². The van der Waals surface area contributed by atoms with Crippen molar-refractivity contribution in [2.24, 2.45) is 0 Å². The average molecular weight is 258 g/mol. The molecule has 0 heterocycles. The Bertz CT molecular complexity index is 546. The third-order valence-corrected chi connectivity index (χ3v) is 3.11. The second-order valence-corrected chi connectivity index (χ2v) is 4.72. The minimum absolute atomic E-state index is 0.713. The fraction of sp³-hybridized carbons (Fsp3) is 0.125. The van der Waals surface area contributed by atoms with Crippen molar-refractivity contribution in [1.82, 2.24) is 0 Å². The molecular formula is C16H16ClN. The number of rotatable bonds is 4. The Morgan fingerprint density at radius 3 is 2.61 bits per heavy atom. The first-order valence-electron chi connectivity index (χ1n) is 5.90. The van der Waals surface area contributed by atoms with E-state index in [9.17, 15) is 0 Å². The van der Waals surface area contributed by atoms with Gasteiger partial charge in [-0.2, -0.15) is 0 Å². The zero-order valence-corrected chi connectivity index (χ0v) is 11.2. The van der Waals surface area contributed by atoms with E-state index >= 15 is 0 Å². The average Bonchev–Trinajstić information content (AvgIpc) is 2.40. The van der Waals surface area contributed by atoms with E-state index in [4.69, 9.17) is 11.6 Å². The smallest absolute Gasteiger partial charge is 0.0426 e. The van der Waals surface area contributed by atoms with Crippen LogP contribution in [0.1, 0.15) is 11.1 Å². The lowest BCUT2D eigenvalue weighted by molar-refractivity contribution is 1.31. The molecule has 1 N–H and O–H groups in total. The quantitative estimate of drug-likeness (QED) is 0.832. The standard InChI is InChI=1S/C16H16ClN/c1-12-8-9-15(17)10-16(12)18-11-13(2)14-6-4-3-5-7-14/h3-10,18H,2,11H2,1H3. The number of benzene rings is 2. The van der Waals surface area contributed by atoms with Crippen LogP contribution >= 0.6 is 11.6 Å². The van der Waals surface area contributed by atoms with Crippen molar-refractivity contribution in [1.29, 1.82) is 0 Å². The largest absolute Gasteiger partial charge is 0.381 e. The molecule has 0 aliphatic rings. The van der Waals surface area contributed by atoms with Crippen LogP contribution in [0.4, 0.5) is 5.69 Å². The van der Waals surface area contributed by atoms with E-state index in [-0.39, 0.29) is 0 Å². The van der Waals surface area contributed by atoms with Crippen molar-refractivity contribution in [2.45, 2.75) is 6.92 Å². The Balaban J connectivity index is 2.04. The Morgan fingerprint density at radius 2 is 1.89 bits per heavy atom. The SMILES string of the molecule is C=C(CNc1cc(Cl)ccc1C)c1ccccc1. The van der Waals surface area contributed by atoms with E-state index < -0.39 is 0 Å². The summed E-state index contributed by atoms with van der Waals surface area (Å²) in [6, 6.07) is 16.0. The number of hydrogen-bond acceptors (Lipinski definition) is 1. The summed E-state index contributed by atoms with van der Waals surface area (Å²) < 4.78 is 0. The van der Waals surface area contributed by atoms with Crippen molar-refractivity contribution in [3.8, 4) is 0 Å². The molecule has 0 aromatic heterocycles. The van der Waals surface area contributed by atoms with Gasteiger partial charge in [-0.15, -0.1) is 0 Å². The monoisotopic (exact) mass is 257 g/mol. The predicted octanol–water partition coefficient (Wildman–Crippen LogP) is 4.77. The molecule has 0 aliphatic carbocycles. The first-order chi connectivity index (χ1) is 8.66. The summed E-state index contributed by atoms with van der Waals surface area (Å²) in [5, 5.41) is 4.11. The van der Waals surface area contributed by atoms with Gasteiger partial charge in [0, 0.05) is 17.3 Å². The van der Waals surface area contributed by atoms with E-state index in [0.717, 1.165) is 21.8 Å². The fourth-order valence-corrected chi connectivity index (χ4v) is 1.93. The number of hydrogen-bond donors (Lipinski definition) is 1. The summed E-state index contributed by atoms with van der Waals surface area (Å²) in [6.07, 6.45) is 0. The highest BCUT2D eigenvalue weighted by atomic mass is 35.5. The van der Waals surface area contributed by atoms with Gasteiger partial charge in [-0.25, -0.2) is 0 Å². The molecule has 0 bridgehead atoms. The lowest BCUT2D eigenvalue weighted by atomic mass is 10.1. The molecular weight excluding hydrogens is 242 g/mol. The van der Waals surface area contributed by atoms with Gasteiger partial charge in [-0.1, -0.05) is 54.6 Å². The lowest BCUT2D eigenvalue weighted by Crippen LogP contribution is -2.04. The molecule has 0 spiro atoms. The highest BCUT2D eigenvalue weighted by molar-refractivity contribution is 6.30. The summed E-state index contributed by atoms with van der Waals surface area (Å²) in [4.78, 5) is 0. The van der Waals surface area contributed by atoms with Crippen LogP contribution in [0.2, 0.25) is 5.02 Å². The van der Waals surface area contributed by atoms with Crippen molar-refractivity contribution in [3.05, 3.63) is 71.3 Å². The summed E-state index contributed by atoms with van der Waals surface area (Å²) in [5.74, 6) is 0. The Hall–Kier alpha value is -1.73. The molecule has 2 heteroatoms. The molecule has 0 atom stereocenters. The molecule has 0 aliphatic heterocycles. The highest BCUT2D eigenvalue weighted by Crippen LogP contribution is 2.21. The maximum absolute atomic E-state index is 5.99. The van der Waals surface area contributed by atoms with Gasteiger partial charge in [-0.05, 0) is 35.8 Å². The Morgan fingerprint density at radius 1 is 1.17 bits per heavy atom. The van der Waals surface area contributed by atoms with Crippen LogP contribution in [0.25, 0.3) is 5.57 Å². The van der Waals surface area contributed by atoms with E-state index in [1.54, 1.807) is 0 Å². The maximum atomic E-state index is 5.99. The molecule has 0 fully saturated rings. The van der Waals surface area contributed by atoms with E-state index in [0.29, 0.717) is 6.54 Å². The van der Waals surface area contributed by atoms with Crippen LogP contribution in [0, 0.1) is 6.92 Å². The molecule has 2 rings (SSSR count). The lowest BCUT2D eigenvalue weighted by Gasteiger charge is -2.12. The molecule has 2 aromatic carbocycles. The summed E-state index contributed by atoms with van der Waals surface area (Å²) in [7, 11) is 0. The molecule has 92 valence electrons. The van der Waals surface area contributed by atoms with Crippen molar-refractivity contribution in [2.75, 3.05) is 11.9 Å². The van der Waals surface area contributed by atoms with Gasteiger partial charge in [0.2, 0.25) is 0 Å². The highest BCUT2D eigenvalue weighted by Gasteiger charge is 2.01. The normalized spacial score (nSPS) is 10.1. The van der Waals surface area contributed by atoms with E-state index in [2.05, 4.69) is 31.0 Å². The van der Waals surface area contributed by atoms with Gasteiger partial charge in [0.1, 0.15) is 0 Å². The number of aryl methyl sites for hydroxylation is 1. The van der Waals surface area contributed by atoms with Gasteiger partial charge < -0.3 is 5.32 Å². The van der Waals surface area contributed by atoms with Crippen LogP contribution < -0.4 is 5.32 Å². The van der Waals surface area contributed by atoms with Crippen LogP contribution in [-0.4, -0.2) is 6.54 Å². The van der Waals surface area contributed by atoms with E-state index in [1.165, 1.54) is 5.56 Å². The first kappa shape index (κ1) is 12.7. The van der Waals surface area contributed by atoms with Gasteiger partial charge in [0.15, 0.2) is 0 Å². The maximum Gasteiger partial charge on any atom is 0.0426 e. The number of anilines is 1. The number of nitrogens with one attached hydrogen (secondary N) is 1. The minimum atomic E-state index is 0.713. The molecule has 0 saturated carbocycles. The van der Waals surface area contributed by atoms with Crippen molar-refractivity contribution < 1.29 is 0 Å². The third-order valence-electron chi connectivity index (χ3n) is 2.87. The van der Waals surface area contributed by atoms with Crippen LogP contribution in [0.15, 0.2) is 55.1 Å². The van der Waals surface area contributed by atoms with Crippen LogP contribution in [0.3, 0.4) is 0 Å². The summed E-state index contributed by atoms with van der Waals surface area (Å²) in [6.45, 7) is 6.87. The topological polar surface area (TPSA) is 12.0 Å². The van der Waals surface area contributed by atoms with Gasteiger partial charge in [0.25, 0.3) is 0 Å². The second kappa shape index (κ2) is 5.74. The predicted molar refractivity (Wildman–Crippen MR) is 80.2 cm³/mol. The van der Waals surface area contributed by atoms with Crippen molar-refractivity contribution in [3.63, 3.8) is 0 Å². The minimum Gasteiger partial charge on any atom is -0.381 e. The molecule has 2 aromatic rings. The van der Waals surface area contributed by atoms with Gasteiger partial charge in [-0.3, -0.25) is 0 Å². The third kappa shape index (κ3) is 3.14. The van der Waals surface area contributed by atoms with E-state index in [1.807, 2.05) is 36.4 Å². The summed E-state index contributed by atoms with van der Waals surface area (Å²) >= 11 is 5.99. The van der Waals surface area contributed by atoms with Crippen molar-refractivity contribution >= 4 is 22.9 Å². The molecule has 0 radical (unpaired) electrons. The first-order valence-corrected chi connectivity index (χ1v) is 6.28. The van der Waals surface area contributed by atoms with Gasteiger partial charge >= 0.3 is 0 Å². The second-order valence-electron chi connectivity index (χ2n) is 4.28. The molecule has 0 amide bonds. The fourth-order valence-electron chi connectivity index (χ4n) is 1.76. The molecule has 0 saturated heterocycles.